The molecule has 0 unspecified atom stereocenters. The maximum absolute atomic E-state index is 13.6. The van der Waals surface area contributed by atoms with E-state index in [0.717, 1.165) is 12.3 Å². The first-order valence-corrected chi connectivity index (χ1v) is 7.48. The molecule has 2 N–H and O–H groups in total. The molecular weight excluding hydrogens is 349 g/mol. The van der Waals surface area contributed by atoms with Crippen LogP contribution in [0.2, 0.25) is 0 Å². The van der Waals surface area contributed by atoms with Crippen LogP contribution in [0.4, 0.5) is 13.2 Å². The Morgan fingerprint density at radius 2 is 1.92 bits per heavy atom. The molecule has 0 amide bonds. The van der Waals surface area contributed by atoms with Crippen molar-refractivity contribution < 1.29 is 27.8 Å². The lowest BCUT2D eigenvalue weighted by atomic mass is 10.1. The highest BCUT2D eigenvalue weighted by atomic mass is 19.3. The van der Waals surface area contributed by atoms with Gasteiger partial charge in [-0.05, 0) is 18.2 Å². The van der Waals surface area contributed by atoms with E-state index in [1.807, 2.05) is 0 Å². The number of fused-ring (bicyclic) bond motifs is 1. The van der Waals surface area contributed by atoms with Crippen LogP contribution in [0.1, 0.15) is 11.1 Å². The molecule has 0 aliphatic heterocycles. The number of pyridine rings is 1. The first kappa shape index (κ1) is 17.5. The number of alkyl halides is 2. The molecule has 0 bridgehead atoms. The number of hydrogen-bond acceptors (Lipinski definition) is 5. The Kier molecular flexibility index (Phi) is 4.92. The van der Waals surface area contributed by atoms with E-state index in [1.54, 1.807) is 6.07 Å². The Labute approximate surface area is 146 Å². The number of halogens is 3. The minimum atomic E-state index is -2.99. The SMILES string of the molecule is N=Cc1c(O)nc(OCc2ccccc2OC(F)F)c2cc(F)ccc12. The summed E-state index contributed by atoms with van der Waals surface area (Å²) in [5.41, 5.74) is 0.448. The van der Waals surface area contributed by atoms with Crippen LogP contribution >= 0.6 is 0 Å². The second kappa shape index (κ2) is 7.30. The van der Waals surface area contributed by atoms with Gasteiger partial charge in [-0.1, -0.05) is 24.3 Å². The fourth-order valence-corrected chi connectivity index (χ4v) is 2.50. The van der Waals surface area contributed by atoms with Crippen LogP contribution in [0, 0.1) is 11.2 Å². The molecule has 134 valence electrons. The quantitative estimate of drug-likeness (QED) is 0.643. The number of para-hydroxylation sites is 1. The maximum atomic E-state index is 13.6. The van der Waals surface area contributed by atoms with Crippen molar-refractivity contribution in [1.82, 2.24) is 4.98 Å². The molecular formula is C18H13F3N2O3. The van der Waals surface area contributed by atoms with E-state index < -0.39 is 18.3 Å². The van der Waals surface area contributed by atoms with E-state index in [2.05, 4.69) is 9.72 Å². The van der Waals surface area contributed by atoms with Crippen LogP contribution in [-0.2, 0) is 6.61 Å². The number of aromatic hydroxyl groups is 1. The van der Waals surface area contributed by atoms with Gasteiger partial charge in [0, 0.05) is 22.6 Å². The van der Waals surface area contributed by atoms with Crippen LogP contribution in [0.3, 0.4) is 0 Å². The van der Waals surface area contributed by atoms with E-state index >= 15 is 0 Å². The average Bonchev–Trinajstić information content (AvgIpc) is 2.60. The molecule has 3 rings (SSSR count). The van der Waals surface area contributed by atoms with E-state index in [1.165, 1.54) is 30.3 Å². The fraction of sp³-hybridized carbons (Fsp3) is 0.111. The minimum absolute atomic E-state index is 0.0571. The average molecular weight is 362 g/mol. The fourth-order valence-electron chi connectivity index (χ4n) is 2.50. The largest absolute Gasteiger partial charge is 0.493 e. The van der Waals surface area contributed by atoms with Gasteiger partial charge in [0.2, 0.25) is 11.8 Å². The molecule has 0 saturated carbocycles. The van der Waals surface area contributed by atoms with Gasteiger partial charge in [-0.3, -0.25) is 0 Å². The van der Waals surface area contributed by atoms with E-state index in [0.29, 0.717) is 10.9 Å². The summed E-state index contributed by atoms with van der Waals surface area (Å²) in [6.07, 6.45) is 0.901. The van der Waals surface area contributed by atoms with Gasteiger partial charge in [0.15, 0.2) is 0 Å². The minimum Gasteiger partial charge on any atom is -0.493 e. The highest BCUT2D eigenvalue weighted by molar-refractivity contribution is 6.02. The molecule has 0 atom stereocenters. The van der Waals surface area contributed by atoms with Gasteiger partial charge in [0.1, 0.15) is 18.2 Å². The summed E-state index contributed by atoms with van der Waals surface area (Å²) in [6, 6.07) is 9.80. The van der Waals surface area contributed by atoms with Gasteiger partial charge < -0.3 is 20.0 Å². The predicted octanol–water partition coefficient (Wildman–Crippen LogP) is 4.26. The van der Waals surface area contributed by atoms with E-state index in [4.69, 9.17) is 10.1 Å². The molecule has 1 heterocycles. The zero-order chi connectivity index (χ0) is 18.7. The standard InChI is InChI=1S/C18H13F3N2O3/c19-11-5-6-12-13(7-11)17(23-16(24)14(12)8-22)25-9-10-3-1-2-4-15(10)26-18(20)21/h1-8,18,22H,9H2,(H,23,24). The summed E-state index contributed by atoms with van der Waals surface area (Å²) >= 11 is 0. The number of benzene rings is 2. The van der Waals surface area contributed by atoms with Crippen molar-refractivity contribution in [1.29, 1.82) is 5.41 Å². The van der Waals surface area contributed by atoms with Crippen molar-refractivity contribution in [2.75, 3.05) is 0 Å². The van der Waals surface area contributed by atoms with E-state index in [9.17, 15) is 18.3 Å². The van der Waals surface area contributed by atoms with Gasteiger partial charge in [-0.2, -0.15) is 13.8 Å². The Balaban J connectivity index is 1.98. The number of nitrogens with one attached hydrogen (secondary N) is 1. The summed E-state index contributed by atoms with van der Waals surface area (Å²) in [7, 11) is 0. The Bertz CT molecular complexity index is 964. The van der Waals surface area contributed by atoms with Crippen LogP contribution in [-0.4, -0.2) is 22.9 Å². The first-order chi connectivity index (χ1) is 12.5. The normalized spacial score (nSPS) is 10.9. The van der Waals surface area contributed by atoms with Crippen molar-refractivity contribution in [3.8, 4) is 17.5 Å². The number of aromatic nitrogens is 1. The van der Waals surface area contributed by atoms with Crippen molar-refractivity contribution in [3.63, 3.8) is 0 Å². The lowest BCUT2D eigenvalue weighted by molar-refractivity contribution is -0.0508. The Morgan fingerprint density at radius 3 is 2.65 bits per heavy atom. The topological polar surface area (TPSA) is 75.4 Å². The number of hydrogen-bond donors (Lipinski definition) is 2. The molecule has 5 nitrogen and oxygen atoms in total. The van der Waals surface area contributed by atoms with Crippen LogP contribution in [0.25, 0.3) is 10.8 Å². The Morgan fingerprint density at radius 1 is 1.15 bits per heavy atom. The molecule has 0 aliphatic carbocycles. The summed E-state index contributed by atoms with van der Waals surface area (Å²) in [5.74, 6) is -1.15. The van der Waals surface area contributed by atoms with Crippen molar-refractivity contribution in [2.24, 2.45) is 0 Å². The van der Waals surface area contributed by atoms with Gasteiger partial charge >= 0.3 is 6.61 Å². The molecule has 26 heavy (non-hydrogen) atoms. The summed E-state index contributed by atoms with van der Waals surface area (Å²) in [4.78, 5) is 3.85. The molecule has 3 aromatic rings. The molecule has 0 radical (unpaired) electrons. The monoisotopic (exact) mass is 362 g/mol. The maximum Gasteiger partial charge on any atom is 0.387 e. The van der Waals surface area contributed by atoms with Crippen molar-refractivity contribution >= 4 is 17.0 Å². The molecule has 0 spiro atoms. The highest BCUT2D eigenvalue weighted by Crippen LogP contribution is 2.32. The number of ether oxygens (including phenoxy) is 2. The molecule has 1 aromatic heterocycles. The smallest absolute Gasteiger partial charge is 0.387 e. The highest BCUT2D eigenvalue weighted by Gasteiger charge is 2.15. The second-order valence-electron chi connectivity index (χ2n) is 5.26. The Hall–Kier alpha value is -3.29. The van der Waals surface area contributed by atoms with E-state index in [-0.39, 0.29) is 29.2 Å². The zero-order valence-electron chi connectivity index (χ0n) is 13.2. The van der Waals surface area contributed by atoms with Gasteiger partial charge in [-0.15, -0.1) is 0 Å². The number of rotatable bonds is 6. The lowest BCUT2D eigenvalue weighted by Crippen LogP contribution is -2.06. The summed E-state index contributed by atoms with van der Waals surface area (Å²) in [6.45, 7) is -3.18. The molecule has 0 aliphatic rings. The van der Waals surface area contributed by atoms with Crippen LogP contribution < -0.4 is 9.47 Å². The van der Waals surface area contributed by atoms with Crippen molar-refractivity contribution in [2.45, 2.75) is 13.2 Å². The predicted molar refractivity (Wildman–Crippen MR) is 88.7 cm³/mol. The first-order valence-electron chi connectivity index (χ1n) is 7.48. The van der Waals surface area contributed by atoms with Crippen LogP contribution in [0.5, 0.6) is 17.5 Å². The zero-order valence-corrected chi connectivity index (χ0v) is 13.2. The molecule has 8 heteroatoms. The van der Waals surface area contributed by atoms with Crippen LogP contribution in [0.15, 0.2) is 42.5 Å². The molecule has 0 fully saturated rings. The molecule has 2 aromatic carbocycles. The summed E-state index contributed by atoms with van der Waals surface area (Å²) in [5, 5.41) is 18.0. The second-order valence-corrected chi connectivity index (χ2v) is 5.26. The van der Waals surface area contributed by atoms with Crippen molar-refractivity contribution in [3.05, 3.63) is 59.4 Å². The third-order valence-electron chi connectivity index (χ3n) is 3.65. The van der Waals surface area contributed by atoms with Gasteiger partial charge in [-0.25, -0.2) is 4.39 Å². The lowest BCUT2D eigenvalue weighted by Gasteiger charge is -2.13. The van der Waals surface area contributed by atoms with Gasteiger partial charge in [0.25, 0.3) is 0 Å². The number of nitrogens with zero attached hydrogens (tertiary/aromatic N) is 1. The molecule has 0 saturated heterocycles. The third-order valence-corrected chi connectivity index (χ3v) is 3.65. The third kappa shape index (κ3) is 3.53. The van der Waals surface area contributed by atoms with Gasteiger partial charge in [0.05, 0.1) is 5.56 Å². The summed E-state index contributed by atoms with van der Waals surface area (Å²) < 4.78 is 48.5.